The molecule has 0 aliphatic carbocycles. The minimum absolute atomic E-state index is 0.128. The van der Waals surface area contributed by atoms with Crippen LogP contribution in [0.25, 0.3) is 10.9 Å². The number of anilines is 1. The number of fused-ring (bicyclic) bond motifs is 1. The molecule has 2 heterocycles. The Balaban J connectivity index is 0.000000239. The molecule has 1 saturated heterocycles. The molecule has 9 heteroatoms. The van der Waals surface area contributed by atoms with E-state index in [4.69, 9.17) is 9.47 Å². The molecule has 1 fully saturated rings. The number of rotatable bonds is 11. The Morgan fingerprint density at radius 3 is 2.51 bits per heavy atom. The summed E-state index contributed by atoms with van der Waals surface area (Å²) in [6.07, 6.45) is 1.58. The van der Waals surface area contributed by atoms with Crippen LogP contribution in [0.2, 0.25) is 0 Å². The van der Waals surface area contributed by atoms with Gasteiger partial charge < -0.3 is 24.9 Å². The Labute approximate surface area is 242 Å². The zero-order chi connectivity index (χ0) is 29.8. The van der Waals surface area contributed by atoms with Crippen molar-refractivity contribution in [3.05, 3.63) is 69.9 Å². The predicted octanol–water partition coefficient (Wildman–Crippen LogP) is 4.20. The minimum Gasteiger partial charge on any atom is -0.463 e. The van der Waals surface area contributed by atoms with Gasteiger partial charge in [-0.15, -0.1) is 0 Å². The number of likely N-dealkylation sites (N-methyl/N-ethyl adjacent to an activating group) is 1. The molecule has 0 spiro atoms. The normalized spacial score (nSPS) is 14.0. The average molecular weight is 563 g/mol. The SMILES string of the molecule is CNC(=O)C(CCC=O)c1cc2ccc(COC=O)cc2nc1C.CNc1cc(C)c(C)c(CN2CCOCC2)c1. The summed E-state index contributed by atoms with van der Waals surface area (Å²) in [5.74, 6) is -0.535. The van der Waals surface area contributed by atoms with E-state index in [0.717, 1.165) is 66.9 Å². The highest BCUT2D eigenvalue weighted by Gasteiger charge is 2.22. The molecule has 1 aliphatic rings. The van der Waals surface area contributed by atoms with E-state index in [1.54, 1.807) is 7.05 Å². The first kappa shape index (κ1) is 31.7. The number of nitrogens with one attached hydrogen (secondary N) is 2. The third kappa shape index (κ3) is 8.83. The molecule has 0 radical (unpaired) electrons. The number of carbonyl (C=O) groups excluding carboxylic acids is 3. The Morgan fingerprint density at radius 1 is 1.10 bits per heavy atom. The molecule has 0 saturated carbocycles. The van der Waals surface area contributed by atoms with E-state index in [9.17, 15) is 14.4 Å². The first-order valence-corrected chi connectivity index (χ1v) is 14.0. The number of pyridine rings is 1. The minimum atomic E-state index is -0.407. The maximum absolute atomic E-state index is 12.2. The molecular formula is C32H42N4O5. The second kappa shape index (κ2) is 15.8. The van der Waals surface area contributed by atoms with E-state index < -0.39 is 5.92 Å². The van der Waals surface area contributed by atoms with Crippen LogP contribution in [0.15, 0.2) is 36.4 Å². The summed E-state index contributed by atoms with van der Waals surface area (Å²) in [7, 11) is 3.56. The summed E-state index contributed by atoms with van der Waals surface area (Å²) in [6, 6.07) is 12.0. The van der Waals surface area contributed by atoms with E-state index >= 15 is 0 Å². The van der Waals surface area contributed by atoms with Crippen LogP contribution in [0.4, 0.5) is 5.69 Å². The van der Waals surface area contributed by atoms with Gasteiger partial charge in [-0.05, 0) is 79.3 Å². The second-order valence-electron chi connectivity index (χ2n) is 10.2. The molecule has 0 bridgehead atoms. The molecule has 1 atom stereocenters. The monoisotopic (exact) mass is 562 g/mol. The number of morpholine rings is 1. The van der Waals surface area contributed by atoms with Gasteiger partial charge in [0.1, 0.15) is 12.9 Å². The van der Waals surface area contributed by atoms with E-state index in [1.807, 2.05) is 38.2 Å². The van der Waals surface area contributed by atoms with Gasteiger partial charge in [-0.2, -0.15) is 0 Å². The van der Waals surface area contributed by atoms with Crippen LogP contribution >= 0.6 is 0 Å². The van der Waals surface area contributed by atoms with Crippen molar-refractivity contribution in [3.63, 3.8) is 0 Å². The molecule has 41 heavy (non-hydrogen) atoms. The largest absolute Gasteiger partial charge is 0.463 e. The summed E-state index contributed by atoms with van der Waals surface area (Å²) in [5.41, 5.74) is 8.59. The van der Waals surface area contributed by atoms with Gasteiger partial charge in [-0.1, -0.05) is 12.1 Å². The fraction of sp³-hybridized carbons (Fsp3) is 0.438. The molecule has 1 amide bonds. The lowest BCUT2D eigenvalue weighted by Gasteiger charge is -2.27. The number of nitrogens with zero attached hydrogens (tertiary/aromatic N) is 2. The van der Waals surface area contributed by atoms with Gasteiger partial charge in [-0.3, -0.25) is 19.5 Å². The highest BCUT2D eigenvalue weighted by molar-refractivity contribution is 5.87. The molecule has 2 aromatic carbocycles. The van der Waals surface area contributed by atoms with Gasteiger partial charge in [0.05, 0.1) is 24.6 Å². The Kier molecular flexibility index (Phi) is 12.2. The Hall–Kier alpha value is -3.82. The van der Waals surface area contributed by atoms with Crippen molar-refractivity contribution in [2.24, 2.45) is 0 Å². The van der Waals surface area contributed by atoms with Crippen molar-refractivity contribution in [1.82, 2.24) is 15.2 Å². The first-order valence-electron chi connectivity index (χ1n) is 14.0. The van der Waals surface area contributed by atoms with Crippen molar-refractivity contribution in [3.8, 4) is 0 Å². The topological polar surface area (TPSA) is 110 Å². The summed E-state index contributed by atoms with van der Waals surface area (Å²) in [4.78, 5) is 40.2. The van der Waals surface area contributed by atoms with Crippen molar-refractivity contribution < 1.29 is 23.9 Å². The number of ether oxygens (including phenoxy) is 2. The fourth-order valence-corrected chi connectivity index (χ4v) is 4.98. The maximum atomic E-state index is 12.2. The number of amides is 1. The van der Waals surface area contributed by atoms with E-state index in [2.05, 4.69) is 46.5 Å². The van der Waals surface area contributed by atoms with Crippen molar-refractivity contribution in [2.75, 3.05) is 45.7 Å². The van der Waals surface area contributed by atoms with Crippen LogP contribution < -0.4 is 10.6 Å². The molecule has 1 aromatic heterocycles. The first-order chi connectivity index (χ1) is 19.8. The van der Waals surface area contributed by atoms with Gasteiger partial charge in [0.25, 0.3) is 6.47 Å². The zero-order valence-corrected chi connectivity index (χ0v) is 24.8. The third-order valence-corrected chi connectivity index (χ3v) is 7.50. The van der Waals surface area contributed by atoms with Crippen LogP contribution in [0, 0.1) is 20.8 Å². The van der Waals surface area contributed by atoms with Gasteiger partial charge >= 0.3 is 0 Å². The van der Waals surface area contributed by atoms with Crippen LogP contribution in [0.1, 0.15) is 52.3 Å². The molecule has 220 valence electrons. The Morgan fingerprint density at radius 2 is 1.85 bits per heavy atom. The predicted molar refractivity (Wildman–Crippen MR) is 161 cm³/mol. The highest BCUT2D eigenvalue weighted by Crippen LogP contribution is 2.28. The van der Waals surface area contributed by atoms with Gasteiger partial charge in [0.15, 0.2) is 0 Å². The fourth-order valence-electron chi connectivity index (χ4n) is 4.98. The molecule has 4 rings (SSSR count). The number of benzene rings is 2. The Bertz CT molecular complexity index is 1340. The number of aromatic nitrogens is 1. The van der Waals surface area contributed by atoms with Crippen LogP contribution in [-0.4, -0.2) is 68.9 Å². The molecule has 2 N–H and O–H groups in total. The molecular weight excluding hydrogens is 520 g/mol. The van der Waals surface area contributed by atoms with Crippen molar-refractivity contribution in [2.45, 2.75) is 52.7 Å². The lowest BCUT2D eigenvalue weighted by molar-refractivity contribution is -0.129. The van der Waals surface area contributed by atoms with Crippen LogP contribution in [0.5, 0.6) is 0 Å². The van der Waals surface area contributed by atoms with E-state index in [0.29, 0.717) is 19.3 Å². The molecule has 9 nitrogen and oxygen atoms in total. The molecule has 1 unspecified atom stereocenters. The summed E-state index contributed by atoms with van der Waals surface area (Å²) in [6.45, 7) is 11.7. The maximum Gasteiger partial charge on any atom is 0.293 e. The quantitative estimate of drug-likeness (QED) is 0.335. The second-order valence-corrected chi connectivity index (χ2v) is 10.2. The van der Waals surface area contributed by atoms with Gasteiger partial charge in [-0.25, -0.2) is 0 Å². The number of aryl methyl sites for hydroxylation is 2. The van der Waals surface area contributed by atoms with E-state index in [1.165, 1.54) is 22.4 Å². The third-order valence-electron chi connectivity index (χ3n) is 7.50. The molecule has 1 aliphatic heterocycles. The molecule has 3 aromatic rings. The summed E-state index contributed by atoms with van der Waals surface area (Å²) < 4.78 is 10.1. The summed E-state index contributed by atoms with van der Waals surface area (Å²) >= 11 is 0. The van der Waals surface area contributed by atoms with Crippen LogP contribution in [0.3, 0.4) is 0 Å². The lowest BCUT2D eigenvalue weighted by Crippen LogP contribution is -2.35. The highest BCUT2D eigenvalue weighted by atomic mass is 16.5. The van der Waals surface area contributed by atoms with Crippen LogP contribution in [-0.2, 0) is 37.0 Å². The number of hydrogen-bond donors (Lipinski definition) is 2. The van der Waals surface area contributed by atoms with Crippen molar-refractivity contribution >= 4 is 35.3 Å². The lowest BCUT2D eigenvalue weighted by atomic mass is 9.91. The number of hydrogen-bond acceptors (Lipinski definition) is 8. The smallest absolute Gasteiger partial charge is 0.293 e. The average Bonchev–Trinajstić information content (AvgIpc) is 2.99. The van der Waals surface area contributed by atoms with E-state index in [-0.39, 0.29) is 12.5 Å². The van der Waals surface area contributed by atoms with Gasteiger partial charge in [0, 0.05) is 56.9 Å². The number of aldehydes is 1. The zero-order valence-electron chi connectivity index (χ0n) is 24.8. The van der Waals surface area contributed by atoms with Crippen molar-refractivity contribution in [1.29, 1.82) is 0 Å². The van der Waals surface area contributed by atoms with Gasteiger partial charge in [0.2, 0.25) is 5.91 Å². The number of carbonyl (C=O) groups is 3. The standard InChI is InChI=1S/C18H20N2O4.C14H22N2O/c1-12-16(15(4-3-7-21)18(23)19-2)9-14-6-5-13(10-24-11-22)8-17(14)20-12;1-11-8-14(15-3)9-13(12(11)2)10-16-4-6-17-7-5-16/h5-9,11,15H,3-4,10H2,1-2H3,(H,19,23);8-9,15H,4-7,10H2,1-3H3. The summed E-state index contributed by atoms with van der Waals surface area (Å²) in [5, 5.41) is 6.77.